The van der Waals surface area contributed by atoms with Crippen molar-refractivity contribution in [2.45, 2.75) is 155 Å². The maximum absolute atomic E-state index is 12.2. The summed E-state index contributed by atoms with van der Waals surface area (Å²) < 4.78 is 26.0. The molecule has 0 aliphatic rings. The molecule has 0 aliphatic heterocycles. The fourth-order valence-electron chi connectivity index (χ4n) is 4.45. The van der Waals surface area contributed by atoms with Gasteiger partial charge in [0.2, 0.25) is 5.91 Å². The summed E-state index contributed by atoms with van der Waals surface area (Å²) >= 11 is 0. The quantitative estimate of drug-likeness (QED) is 0.0469. The van der Waals surface area contributed by atoms with Crippen LogP contribution in [0.15, 0.2) is 0 Å². The van der Waals surface area contributed by atoms with Crippen molar-refractivity contribution in [3.05, 3.63) is 0 Å². The van der Waals surface area contributed by atoms with Crippen molar-refractivity contribution in [1.82, 2.24) is 5.32 Å². The van der Waals surface area contributed by atoms with Gasteiger partial charge < -0.3 is 24.6 Å². The van der Waals surface area contributed by atoms with Crippen molar-refractivity contribution in [3.63, 3.8) is 0 Å². The van der Waals surface area contributed by atoms with Crippen LogP contribution in [-0.2, 0) is 32.9 Å². The monoisotopic (exact) mass is 607 g/mol. The molecule has 1 atom stereocenters. The van der Waals surface area contributed by atoms with E-state index in [9.17, 15) is 18.9 Å². The summed E-state index contributed by atoms with van der Waals surface area (Å²) in [5, 5.41) is 2.82. The van der Waals surface area contributed by atoms with E-state index < -0.39 is 32.5 Å². The molecule has 0 fully saturated rings. The number of hydrogen-bond acceptors (Lipinski definition) is 7. The van der Waals surface area contributed by atoms with Gasteiger partial charge in [-0.25, -0.2) is 4.57 Å². The highest BCUT2D eigenvalue weighted by Gasteiger charge is 2.22. The molecule has 0 aromatic carbocycles. The van der Waals surface area contributed by atoms with Gasteiger partial charge in [-0.15, -0.1) is 0 Å². The van der Waals surface area contributed by atoms with Gasteiger partial charge in [-0.05, 0) is 19.3 Å². The van der Waals surface area contributed by atoms with Gasteiger partial charge in [0.15, 0.2) is 6.10 Å². The molecule has 0 aliphatic carbocycles. The predicted molar refractivity (Wildman–Crippen MR) is 160 cm³/mol. The van der Waals surface area contributed by atoms with Crippen LogP contribution in [0, 0.1) is 0 Å². The third-order valence-electron chi connectivity index (χ3n) is 6.82. The molecule has 0 saturated carbocycles. The Bertz CT molecular complexity index is 714. The van der Waals surface area contributed by atoms with Gasteiger partial charge in [0.1, 0.15) is 6.61 Å². The number of hydrogen-bond donors (Lipinski definition) is 3. The summed E-state index contributed by atoms with van der Waals surface area (Å²) in [4.78, 5) is 53.1. The lowest BCUT2D eigenvalue weighted by Gasteiger charge is -2.18. The van der Waals surface area contributed by atoms with E-state index in [1.54, 1.807) is 6.92 Å². The number of carbonyl (C=O) groups is 3. The second kappa shape index (κ2) is 27.4. The molecule has 41 heavy (non-hydrogen) atoms. The summed E-state index contributed by atoms with van der Waals surface area (Å²) in [7, 11) is -4.74. The molecular weight excluding hydrogens is 549 g/mol. The molecule has 0 rings (SSSR count). The molecule has 0 spiro atoms. The number of carbonyl (C=O) groups excluding carboxylic acids is 3. The van der Waals surface area contributed by atoms with Crippen molar-refractivity contribution in [2.75, 3.05) is 19.8 Å². The Kier molecular flexibility index (Phi) is 26.4. The number of phosphoric ester groups is 1. The molecular formula is C30H58NO9P. The zero-order valence-electron chi connectivity index (χ0n) is 25.7. The SMILES string of the molecule is CCCCCCCCCC(=O)O[C@H](COC(=O)CCCCCCCCCCCCCCNC(C)=O)COP(=O)(O)O. The molecule has 0 unspecified atom stereocenters. The standard InChI is InChI=1S/C30H58NO9P/c1-3-4-5-6-13-17-20-23-30(34)40-28(26-39-41(35,36)37)25-38-29(33)22-19-16-14-11-9-7-8-10-12-15-18-21-24-31-27(2)32/h28H,3-26H2,1-2H3,(H,31,32)(H2,35,36,37)/t28-/m1/s1. The van der Waals surface area contributed by atoms with Crippen molar-refractivity contribution >= 4 is 25.7 Å². The first-order valence-corrected chi connectivity index (χ1v) is 17.5. The van der Waals surface area contributed by atoms with E-state index in [2.05, 4.69) is 16.8 Å². The molecule has 0 aromatic rings. The van der Waals surface area contributed by atoms with E-state index in [0.717, 1.165) is 57.9 Å². The zero-order valence-corrected chi connectivity index (χ0v) is 26.6. The molecule has 0 bridgehead atoms. The number of rotatable bonds is 29. The van der Waals surface area contributed by atoms with Crippen molar-refractivity contribution in [1.29, 1.82) is 0 Å². The third-order valence-corrected chi connectivity index (χ3v) is 7.31. The molecule has 0 saturated heterocycles. The van der Waals surface area contributed by atoms with Crippen LogP contribution in [0.5, 0.6) is 0 Å². The minimum absolute atomic E-state index is 0.0378. The number of esters is 2. The average molecular weight is 608 g/mol. The van der Waals surface area contributed by atoms with Crippen LogP contribution < -0.4 is 5.32 Å². The van der Waals surface area contributed by atoms with E-state index in [4.69, 9.17) is 19.3 Å². The second-order valence-corrected chi connectivity index (χ2v) is 12.2. The van der Waals surface area contributed by atoms with Crippen LogP contribution >= 0.6 is 7.82 Å². The lowest BCUT2D eigenvalue weighted by molar-refractivity contribution is -0.161. The molecule has 3 N–H and O–H groups in total. The van der Waals surface area contributed by atoms with Crippen molar-refractivity contribution < 1.29 is 42.7 Å². The van der Waals surface area contributed by atoms with Crippen molar-refractivity contribution in [3.8, 4) is 0 Å². The highest BCUT2D eigenvalue weighted by Crippen LogP contribution is 2.35. The molecule has 1 amide bonds. The maximum Gasteiger partial charge on any atom is 0.469 e. The first kappa shape index (κ1) is 39.5. The van der Waals surface area contributed by atoms with Crippen LogP contribution in [-0.4, -0.2) is 53.5 Å². The first-order chi connectivity index (χ1) is 19.6. The third kappa shape index (κ3) is 31.3. The predicted octanol–water partition coefficient (Wildman–Crippen LogP) is 6.90. The minimum atomic E-state index is -4.74. The zero-order chi connectivity index (χ0) is 30.6. The Labute approximate surface area is 248 Å². The van der Waals surface area contributed by atoms with Crippen LogP contribution in [0.25, 0.3) is 0 Å². The fourth-order valence-corrected chi connectivity index (χ4v) is 4.81. The minimum Gasteiger partial charge on any atom is -0.462 e. The second-order valence-electron chi connectivity index (χ2n) is 10.9. The number of phosphoric acid groups is 1. The van der Waals surface area contributed by atoms with Crippen LogP contribution in [0.2, 0.25) is 0 Å². The molecule has 11 heteroatoms. The van der Waals surface area contributed by atoms with E-state index in [1.165, 1.54) is 57.8 Å². The number of amides is 1. The maximum atomic E-state index is 12.2. The van der Waals surface area contributed by atoms with Gasteiger partial charge in [-0.3, -0.25) is 18.9 Å². The van der Waals surface area contributed by atoms with Gasteiger partial charge in [0.25, 0.3) is 0 Å². The summed E-state index contributed by atoms with van der Waals surface area (Å²) in [6.07, 6.45) is 20.2. The Balaban J connectivity index is 3.90. The summed E-state index contributed by atoms with van der Waals surface area (Å²) in [5.74, 6) is -0.880. The van der Waals surface area contributed by atoms with Crippen LogP contribution in [0.4, 0.5) is 0 Å². The number of nitrogens with one attached hydrogen (secondary N) is 1. The highest BCUT2D eigenvalue weighted by atomic mass is 31.2. The Morgan fingerprint density at radius 2 is 1.10 bits per heavy atom. The van der Waals surface area contributed by atoms with Crippen LogP contribution in [0.1, 0.15) is 149 Å². The lowest BCUT2D eigenvalue weighted by Crippen LogP contribution is -2.29. The largest absolute Gasteiger partial charge is 0.469 e. The summed E-state index contributed by atoms with van der Waals surface area (Å²) in [6.45, 7) is 3.64. The molecule has 10 nitrogen and oxygen atoms in total. The topological polar surface area (TPSA) is 148 Å². The van der Waals surface area contributed by atoms with E-state index in [-0.39, 0.29) is 25.4 Å². The molecule has 242 valence electrons. The molecule has 0 radical (unpaired) electrons. The summed E-state index contributed by atoms with van der Waals surface area (Å²) in [5.41, 5.74) is 0. The van der Waals surface area contributed by atoms with Gasteiger partial charge >= 0.3 is 19.8 Å². The fraction of sp³-hybridized carbons (Fsp3) is 0.900. The van der Waals surface area contributed by atoms with Crippen LogP contribution in [0.3, 0.4) is 0 Å². The van der Waals surface area contributed by atoms with E-state index in [1.807, 2.05) is 0 Å². The van der Waals surface area contributed by atoms with Gasteiger partial charge in [0, 0.05) is 26.3 Å². The molecule has 0 heterocycles. The average Bonchev–Trinajstić information content (AvgIpc) is 2.91. The molecule has 0 aromatic heterocycles. The van der Waals surface area contributed by atoms with Gasteiger partial charge in [-0.2, -0.15) is 0 Å². The summed E-state index contributed by atoms with van der Waals surface area (Å²) in [6, 6.07) is 0. The highest BCUT2D eigenvalue weighted by molar-refractivity contribution is 7.46. The Morgan fingerprint density at radius 3 is 1.56 bits per heavy atom. The lowest BCUT2D eigenvalue weighted by atomic mass is 10.0. The van der Waals surface area contributed by atoms with Gasteiger partial charge in [-0.1, -0.05) is 110 Å². The van der Waals surface area contributed by atoms with Crippen molar-refractivity contribution in [2.24, 2.45) is 0 Å². The normalized spacial score (nSPS) is 12.2. The smallest absolute Gasteiger partial charge is 0.462 e. The number of ether oxygens (including phenoxy) is 2. The van der Waals surface area contributed by atoms with Gasteiger partial charge in [0.05, 0.1) is 6.61 Å². The number of unbranched alkanes of at least 4 members (excludes halogenated alkanes) is 17. The Morgan fingerprint density at radius 1 is 0.659 bits per heavy atom. The van der Waals surface area contributed by atoms with E-state index in [0.29, 0.717) is 12.8 Å². The first-order valence-electron chi connectivity index (χ1n) is 15.9. The van der Waals surface area contributed by atoms with E-state index >= 15 is 0 Å². The Hall–Kier alpha value is -1.48.